The van der Waals surface area contributed by atoms with Crippen LogP contribution in [0.1, 0.15) is 30.1 Å². The van der Waals surface area contributed by atoms with E-state index in [0.29, 0.717) is 11.5 Å². The second-order valence-corrected chi connectivity index (χ2v) is 5.79. The number of nitrogens with one attached hydrogen (secondary N) is 2. The number of amides is 1. The van der Waals surface area contributed by atoms with E-state index in [1.54, 1.807) is 0 Å². The monoisotopic (exact) mass is 310 g/mol. The first kappa shape index (κ1) is 13.6. The average Bonchev–Trinajstić information content (AvgIpc) is 2.40. The van der Waals surface area contributed by atoms with Crippen molar-refractivity contribution in [2.75, 3.05) is 13.1 Å². The molecule has 0 aromatic heterocycles. The molecule has 1 aliphatic rings. The summed E-state index contributed by atoms with van der Waals surface area (Å²) in [4.78, 5) is 12.1. The summed E-state index contributed by atoms with van der Waals surface area (Å²) in [6.07, 6.45) is 2.39. The quantitative estimate of drug-likeness (QED) is 0.901. The van der Waals surface area contributed by atoms with Crippen LogP contribution in [0.5, 0.6) is 0 Å². The predicted octanol–water partition coefficient (Wildman–Crippen LogP) is 2.57. The molecule has 1 amide bonds. The van der Waals surface area contributed by atoms with Gasteiger partial charge in [-0.3, -0.25) is 4.79 Å². The van der Waals surface area contributed by atoms with Gasteiger partial charge in [-0.15, -0.1) is 0 Å². The summed E-state index contributed by atoms with van der Waals surface area (Å²) in [7, 11) is 0. The minimum absolute atomic E-state index is 0.0144. The standard InChI is InChI=1S/C14H19BrN2O/c1-10(12-3-2-8-16-9-12)17-14(18)11-4-6-13(15)7-5-11/h4-7,10,12,16H,2-3,8-9H2,1H3,(H,17,18). The molecule has 3 nitrogen and oxygen atoms in total. The van der Waals surface area contributed by atoms with Crippen LogP contribution in [0.4, 0.5) is 0 Å². The zero-order chi connectivity index (χ0) is 13.0. The number of carbonyl (C=O) groups is 1. The van der Waals surface area contributed by atoms with Crippen molar-refractivity contribution >= 4 is 21.8 Å². The van der Waals surface area contributed by atoms with Crippen LogP contribution in [0.25, 0.3) is 0 Å². The summed E-state index contributed by atoms with van der Waals surface area (Å²) in [5.74, 6) is 0.554. The predicted molar refractivity (Wildman–Crippen MR) is 76.7 cm³/mol. The molecule has 0 spiro atoms. The molecule has 1 aliphatic heterocycles. The molecule has 1 fully saturated rings. The Balaban J connectivity index is 1.91. The smallest absolute Gasteiger partial charge is 0.251 e. The molecular weight excluding hydrogens is 292 g/mol. The van der Waals surface area contributed by atoms with Gasteiger partial charge in [-0.05, 0) is 63.0 Å². The summed E-state index contributed by atoms with van der Waals surface area (Å²) in [6, 6.07) is 7.67. The van der Waals surface area contributed by atoms with Gasteiger partial charge in [0.1, 0.15) is 0 Å². The van der Waals surface area contributed by atoms with Crippen LogP contribution in [0.2, 0.25) is 0 Å². The molecule has 2 atom stereocenters. The highest BCUT2D eigenvalue weighted by atomic mass is 79.9. The highest BCUT2D eigenvalue weighted by Crippen LogP contribution is 2.15. The van der Waals surface area contributed by atoms with Gasteiger partial charge in [-0.25, -0.2) is 0 Å². The van der Waals surface area contributed by atoms with Crippen LogP contribution >= 0.6 is 15.9 Å². The molecule has 2 unspecified atom stereocenters. The molecule has 1 saturated heterocycles. The first-order valence-electron chi connectivity index (χ1n) is 6.44. The molecule has 18 heavy (non-hydrogen) atoms. The summed E-state index contributed by atoms with van der Waals surface area (Å²) in [6.45, 7) is 4.19. The van der Waals surface area contributed by atoms with Crippen molar-refractivity contribution in [2.24, 2.45) is 5.92 Å². The summed E-state index contributed by atoms with van der Waals surface area (Å²) >= 11 is 3.37. The Morgan fingerprint density at radius 3 is 2.78 bits per heavy atom. The van der Waals surface area contributed by atoms with E-state index in [1.165, 1.54) is 12.8 Å². The van der Waals surface area contributed by atoms with E-state index in [1.807, 2.05) is 24.3 Å². The van der Waals surface area contributed by atoms with Gasteiger partial charge in [-0.2, -0.15) is 0 Å². The van der Waals surface area contributed by atoms with Crippen molar-refractivity contribution in [1.29, 1.82) is 0 Å². The van der Waals surface area contributed by atoms with Gasteiger partial charge in [0.15, 0.2) is 0 Å². The molecule has 1 aromatic rings. The molecule has 0 bridgehead atoms. The van der Waals surface area contributed by atoms with Crippen LogP contribution < -0.4 is 10.6 Å². The van der Waals surface area contributed by atoms with Crippen molar-refractivity contribution in [2.45, 2.75) is 25.8 Å². The maximum Gasteiger partial charge on any atom is 0.251 e. The number of hydrogen-bond acceptors (Lipinski definition) is 2. The van der Waals surface area contributed by atoms with Gasteiger partial charge in [0.05, 0.1) is 0 Å². The first-order chi connectivity index (χ1) is 8.66. The van der Waals surface area contributed by atoms with E-state index in [2.05, 4.69) is 33.5 Å². The summed E-state index contributed by atoms with van der Waals surface area (Å²) < 4.78 is 0.989. The van der Waals surface area contributed by atoms with E-state index in [9.17, 15) is 4.79 Å². The third-order valence-corrected chi connectivity index (χ3v) is 4.04. The number of benzene rings is 1. The van der Waals surface area contributed by atoms with E-state index in [4.69, 9.17) is 0 Å². The molecule has 2 N–H and O–H groups in total. The lowest BCUT2D eigenvalue weighted by Crippen LogP contribution is -2.44. The van der Waals surface area contributed by atoms with Gasteiger partial charge in [0.25, 0.3) is 5.91 Å². The maximum atomic E-state index is 12.1. The fourth-order valence-electron chi connectivity index (χ4n) is 2.31. The SMILES string of the molecule is CC(NC(=O)c1ccc(Br)cc1)C1CCCNC1. The molecule has 98 valence electrons. The molecular formula is C14H19BrN2O. The van der Waals surface area contributed by atoms with Crippen molar-refractivity contribution in [3.63, 3.8) is 0 Å². The maximum absolute atomic E-state index is 12.1. The minimum Gasteiger partial charge on any atom is -0.349 e. The van der Waals surface area contributed by atoms with Crippen molar-refractivity contribution in [3.8, 4) is 0 Å². The second kappa shape index (κ2) is 6.34. The average molecular weight is 311 g/mol. The van der Waals surface area contributed by atoms with Crippen molar-refractivity contribution < 1.29 is 4.79 Å². The van der Waals surface area contributed by atoms with Gasteiger partial charge < -0.3 is 10.6 Å². The molecule has 0 aliphatic carbocycles. The normalized spacial score (nSPS) is 21.3. The Labute approximate surface area is 116 Å². The van der Waals surface area contributed by atoms with Gasteiger partial charge in [0, 0.05) is 16.1 Å². The molecule has 1 aromatic carbocycles. The van der Waals surface area contributed by atoms with Gasteiger partial charge in [-0.1, -0.05) is 15.9 Å². The Bertz CT molecular complexity index is 399. The van der Waals surface area contributed by atoms with Gasteiger partial charge in [0.2, 0.25) is 0 Å². The topological polar surface area (TPSA) is 41.1 Å². The fraction of sp³-hybridized carbons (Fsp3) is 0.500. The molecule has 4 heteroatoms. The van der Waals surface area contributed by atoms with E-state index >= 15 is 0 Å². The lowest BCUT2D eigenvalue weighted by molar-refractivity contribution is 0.0922. The third-order valence-electron chi connectivity index (χ3n) is 3.51. The molecule has 1 heterocycles. The van der Waals surface area contributed by atoms with Crippen LogP contribution in [0, 0.1) is 5.92 Å². The minimum atomic E-state index is 0.0144. The van der Waals surface area contributed by atoms with Crippen molar-refractivity contribution in [3.05, 3.63) is 34.3 Å². The van der Waals surface area contributed by atoms with Crippen molar-refractivity contribution in [1.82, 2.24) is 10.6 Å². The van der Waals surface area contributed by atoms with Crippen LogP contribution in [0.15, 0.2) is 28.7 Å². The lowest BCUT2D eigenvalue weighted by Gasteiger charge is -2.28. The van der Waals surface area contributed by atoms with Crippen LogP contribution in [-0.4, -0.2) is 25.0 Å². The largest absolute Gasteiger partial charge is 0.349 e. The molecule has 2 rings (SSSR count). The number of halogens is 1. The number of carbonyl (C=O) groups excluding carboxylic acids is 1. The van der Waals surface area contributed by atoms with E-state index < -0.39 is 0 Å². The number of hydrogen-bond donors (Lipinski definition) is 2. The summed E-state index contributed by atoms with van der Waals surface area (Å²) in [5, 5.41) is 6.47. The number of rotatable bonds is 3. The highest BCUT2D eigenvalue weighted by Gasteiger charge is 2.21. The van der Waals surface area contributed by atoms with E-state index in [-0.39, 0.29) is 11.9 Å². The Morgan fingerprint density at radius 1 is 1.44 bits per heavy atom. The zero-order valence-corrected chi connectivity index (χ0v) is 12.2. The summed E-state index contributed by atoms with van der Waals surface area (Å²) in [5.41, 5.74) is 0.716. The Morgan fingerprint density at radius 2 is 2.17 bits per heavy atom. The third kappa shape index (κ3) is 3.56. The molecule has 0 radical (unpaired) electrons. The van der Waals surface area contributed by atoms with Gasteiger partial charge >= 0.3 is 0 Å². The second-order valence-electron chi connectivity index (χ2n) is 4.88. The number of piperidine rings is 1. The van der Waals surface area contributed by atoms with Crippen LogP contribution in [-0.2, 0) is 0 Å². The molecule has 0 saturated carbocycles. The zero-order valence-electron chi connectivity index (χ0n) is 10.6. The Kier molecular flexibility index (Phi) is 4.78. The van der Waals surface area contributed by atoms with Crippen LogP contribution in [0.3, 0.4) is 0 Å². The fourth-order valence-corrected chi connectivity index (χ4v) is 2.58. The first-order valence-corrected chi connectivity index (χ1v) is 7.23. The lowest BCUT2D eigenvalue weighted by atomic mass is 9.92. The van der Waals surface area contributed by atoms with E-state index in [0.717, 1.165) is 17.6 Å². The Hall–Kier alpha value is -0.870. The highest BCUT2D eigenvalue weighted by molar-refractivity contribution is 9.10.